The molecule has 1 aliphatic carbocycles. The molecule has 176 valence electrons. The van der Waals surface area contributed by atoms with Gasteiger partial charge in [0.1, 0.15) is 5.78 Å². The molecule has 3 saturated heterocycles. The lowest BCUT2D eigenvalue weighted by molar-refractivity contribution is -0.124. The molecular weight excluding hydrogens is 398 g/mol. The molecule has 4 aliphatic rings. The number of likely N-dealkylation sites (tertiary alicyclic amines) is 2. The molecule has 0 amide bonds. The molecule has 0 radical (unpaired) electrons. The smallest absolute Gasteiger partial charge is 0.225 e. The van der Waals surface area contributed by atoms with Gasteiger partial charge in [-0.1, -0.05) is 20.8 Å². The van der Waals surface area contributed by atoms with Crippen LogP contribution in [0.4, 0.5) is 5.95 Å². The fraction of sp³-hybridized carbons (Fsp3) is 0.808. The zero-order valence-corrected chi connectivity index (χ0v) is 20.2. The van der Waals surface area contributed by atoms with E-state index in [1.165, 1.54) is 57.2 Å². The molecule has 3 aliphatic heterocycles. The zero-order chi connectivity index (χ0) is 22.2. The number of ketones is 1. The third-order valence-electron chi connectivity index (χ3n) is 8.76. The van der Waals surface area contributed by atoms with Crippen molar-refractivity contribution >= 4 is 11.7 Å². The summed E-state index contributed by atoms with van der Waals surface area (Å²) in [4.78, 5) is 29.5. The van der Waals surface area contributed by atoms with E-state index in [4.69, 9.17) is 9.97 Å². The van der Waals surface area contributed by atoms with Crippen molar-refractivity contribution in [2.24, 2.45) is 11.8 Å². The highest BCUT2D eigenvalue weighted by Gasteiger charge is 2.41. The number of nitrogens with zero attached hydrogens (tertiary/aromatic N) is 5. The van der Waals surface area contributed by atoms with Gasteiger partial charge >= 0.3 is 0 Å². The average Bonchev–Trinajstić information content (AvgIpc) is 3.05. The summed E-state index contributed by atoms with van der Waals surface area (Å²) in [6.07, 6.45) is 12.4. The number of hydrogen-bond donors (Lipinski definition) is 0. The highest BCUT2D eigenvalue weighted by Crippen LogP contribution is 2.38. The minimum atomic E-state index is 0.189. The third-order valence-corrected chi connectivity index (χ3v) is 8.76. The summed E-state index contributed by atoms with van der Waals surface area (Å²) in [6, 6.07) is 1.88. The Morgan fingerprint density at radius 3 is 2.19 bits per heavy atom. The van der Waals surface area contributed by atoms with Crippen LogP contribution in [0, 0.1) is 11.8 Å². The van der Waals surface area contributed by atoms with Gasteiger partial charge in [-0.25, -0.2) is 9.97 Å². The van der Waals surface area contributed by atoms with Crippen LogP contribution in [0.25, 0.3) is 0 Å². The lowest BCUT2D eigenvalue weighted by Gasteiger charge is -2.46. The zero-order valence-electron chi connectivity index (χ0n) is 20.2. The molecule has 4 fully saturated rings. The van der Waals surface area contributed by atoms with Crippen molar-refractivity contribution in [3.8, 4) is 0 Å². The standard InChI is InChI=1S/C26H41N5O/c1-4-29-16-22-5-6-23(17-29)31(22)26-27-14-21(15-28-26)20-7-9-30(10-8-20)24-11-19(12-24)13-25(32)18(2)3/h14-15,18-20,22-24H,4-13,16-17H2,1-3H3/t19-,22?,23?,24+. The highest BCUT2D eigenvalue weighted by molar-refractivity contribution is 5.80. The van der Waals surface area contributed by atoms with Gasteiger partial charge in [-0.2, -0.15) is 0 Å². The minimum absolute atomic E-state index is 0.189. The first-order valence-electron chi connectivity index (χ1n) is 13.1. The second kappa shape index (κ2) is 9.38. The number of carbonyl (C=O) groups is 1. The van der Waals surface area contributed by atoms with Crippen molar-refractivity contribution < 1.29 is 4.79 Å². The Bertz CT molecular complexity index is 768. The van der Waals surface area contributed by atoms with Crippen LogP contribution < -0.4 is 4.90 Å². The van der Waals surface area contributed by atoms with E-state index in [9.17, 15) is 4.79 Å². The predicted molar refractivity (Wildman–Crippen MR) is 128 cm³/mol. The van der Waals surface area contributed by atoms with Crippen molar-refractivity contribution in [2.45, 2.75) is 89.8 Å². The van der Waals surface area contributed by atoms with Crippen molar-refractivity contribution in [3.05, 3.63) is 18.0 Å². The number of hydrogen-bond acceptors (Lipinski definition) is 6. The topological polar surface area (TPSA) is 52.6 Å². The maximum absolute atomic E-state index is 12.0. The maximum Gasteiger partial charge on any atom is 0.225 e. The summed E-state index contributed by atoms with van der Waals surface area (Å²) in [5.74, 6) is 2.80. The van der Waals surface area contributed by atoms with Crippen LogP contribution in [0.2, 0.25) is 0 Å². The van der Waals surface area contributed by atoms with Crippen LogP contribution in [-0.2, 0) is 4.79 Å². The van der Waals surface area contributed by atoms with E-state index in [-0.39, 0.29) is 5.92 Å². The molecule has 0 aromatic carbocycles. The Morgan fingerprint density at radius 1 is 1.00 bits per heavy atom. The monoisotopic (exact) mass is 439 g/mol. The Balaban J connectivity index is 1.10. The SMILES string of the molecule is CCN1CC2CCC(C1)N2c1ncc(C2CCN([C@H]3C[C@@H](CC(=O)C(C)C)C3)CC2)cn1. The van der Waals surface area contributed by atoms with Crippen molar-refractivity contribution in [3.63, 3.8) is 0 Å². The molecule has 6 heteroatoms. The van der Waals surface area contributed by atoms with E-state index >= 15 is 0 Å². The Labute approximate surface area is 193 Å². The van der Waals surface area contributed by atoms with Crippen molar-refractivity contribution in [2.75, 3.05) is 37.6 Å². The van der Waals surface area contributed by atoms with E-state index in [1.807, 2.05) is 13.8 Å². The lowest BCUT2D eigenvalue weighted by Crippen LogP contribution is -2.54. The lowest BCUT2D eigenvalue weighted by atomic mass is 9.74. The van der Waals surface area contributed by atoms with Gasteiger partial charge in [-0.3, -0.25) is 9.69 Å². The summed E-state index contributed by atoms with van der Waals surface area (Å²) >= 11 is 0. The van der Waals surface area contributed by atoms with Crippen molar-refractivity contribution in [1.82, 2.24) is 19.8 Å². The maximum atomic E-state index is 12.0. The molecule has 4 heterocycles. The van der Waals surface area contributed by atoms with E-state index in [1.54, 1.807) is 0 Å². The number of Topliss-reactive ketones (excluding diaryl/α,β-unsaturated/α-hetero) is 1. The van der Waals surface area contributed by atoms with Crippen LogP contribution in [0.1, 0.15) is 77.2 Å². The second-order valence-electron chi connectivity index (χ2n) is 11.1. The number of fused-ring (bicyclic) bond motifs is 2. The first-order chi connectivity index (χ1) is 15.5. The molecular formula is C26H41N5O. The van der Waals surface area contributed by atoms with E-state index in [2.05, 4.69) is 34.0 Å². The minimum Gasteiger partial charge on any atom is -0.332 e. The van der Waals surface area contributed by atoms with Crippen LogP contribution in [0.5, 0.6) is 0 Å². The predicted octanol–water partition coefficient (Wildman–Crippen LogP) is 3.72. The summed E-state index contributed by atoms with van der Waals surface area (Å²) in [5, 5.41) is 0. The number of anilines is 1. The van der Waals surface area contributed by atoms with Gasteiger partial charge in [0, 0.05) is 55.9 Å². The van der Waals surface area contributed by atoms with Crippen molar-refractivity contribution in [1.29, 1.82) is 0 Å². The molecule has 1 aromatic rings. The van der Waals surface area contributed by atoms with Crippen LogP contribution in [0.3, 0.4) is 0 Å². The normalized spacial score (nSPS) is 31.8. The highest BCUT2D eigenvalue weighted by atomic mass is 16.1. The molecule has 0 N–H and O–H groups in total. The van der Waals surface area contributed by atoms with Crippen LogP contribution >= 0.6 is 0 Å². The molecule has 1 aromatic heterocycles. The Morgan fingerprint density at radius 2 is 1.62 bits per heavy atom. The van der Waals surface area contributed by atoms with Crippen LogP contribution in [-0.4, -0.2) is 76.4 Å². The van der Waals surface area contributed by atoms with Gasteiger partial charge in [0.05, 0.1) is 0 Å². The van der Waals surface area contributed by atoms with Gasteiger partial charge in [-0.15, -0.1) is 0 Å². The number of rotatable bonds is 7. The first kappa shape index (κ1) is 22.3. The number of aromatic nitrogens is 2. The molecule has 32 heavy (non-hydrogen) atoms. The summed E-state index contributed by atoms with van der Waals surface area (Å²) in [6.45, 7) is 12.1. The first-order valence-corrected chi connectivity index (χ1v) is 13.1. The number of likely N-dealkylation sites (N-methyl/N-ethyl adjacent to an activating group) is 1. The Kier molecular flexibility index (Phi) is 6.53. The fourth-order valence-electron chi connectivity index (χ4n) is 6.53. The van der Waals surface area contributed by atoms with Gasteiger partial charge in [0.25, 0.3) is 0 Å². The molecule has 2 bridgehead atoms. The Hall–Kier alpha value is -1.53. The summed E-state index contributed by atoms with van der Waals surface area (Å²) < 4.78 is 0. The van der Waals surface area contributed by atoms with Crippen LogP contribution in [0.15, 0.2) is 12.4 Å². The molecule has 6 nitrogen and oxygen atoms in total. The molecule has 0 spiro atoms. The third kappa shape index (κ3) is 4.45. The summed E-state index contributed by atoms with van der Waals surface area (Å²) in [7, 11) is 0. The molecule has 1 saturated carbocycles. The second-order valence-corrected chi connectivity index (χ2v) is 11.1. The number of carbonyl (C=O) groups excluding carboxylic acids is 1. The van der Waals surface area contributed by atoms with E-state index in [0.29, 0.717) is 35.7 Å². The molecule has 2 unspecified atom stereocenters. The van der Waals surface area contributed by atoms with Gasteiger partial charge < -0.3 is 9.80 Å². The van der Waals surface area contributed by atoms with Gasteiger partial charge in [0.15, 0.2) is 0 Å². The molecule has 5 rings (SSSR count). The number of piperazine rings is 1. The quantitative estimate of drug-likeness (QED) is 0.645. The largest absolute Gasteiger partial charge is 0.332 e. The summed E-state index contributed by atoms with van der Waals surface area (Å²) in [5.41, 5.74) is 1.32. The number of piperidine rings is 1. The molecule has 2 atom stereocenters. The van der Waals surface area contributed by atoms with E-state index < -0.39 is 0 Å². The average molecular weight is 440 g/mol. The fourth-order valence-corrected chi connectivity index (χ4v) is 6.53. The van der Waals surface area contributed by atoms with Gasteiger partial charge in [-0.05, 0) is 75.6 Å². The van der Waals surface area contributed by atoms with E-state index in [0.717, 1.165) is 32.0 Å². The van der Waals surface area contributed by atoms with Gasteiger partial charge in [0.2, 0.25) is 5.95 Å².